The van der Waals surface area contributed by atoms with Crippen molar-refractivity contribution in [3.63, 3.8) is 0 Å². The zero-order valence-corrected chi connectivity index (χ0v) is 18.4. The number of carbonyl (C=O) groups excluding carboxylic acids is 1. The normalized spacial score (nSPS) is 15.2. The van der Waals surface area contributed by atoms with E-state index in [-0.39, 0.29) is 29.0 Å². The van der Waals surface area contributed by atoms with E-state index in [0.717, 1.165) is 12.1 Å². The van der Waals surface area contributed by atoms with Crippen molar-refractivity contribution >= 4 is 27.7 Å². The average Bonchev–Trinajstić information content (AvgIpc) is 2.77. The SMILES string of the molecule is COc1ccc(F)cc1S(=O)(=O)NCC1CCN(C(=O)c2cccnc2SC)CC1. The number of hydrogen-bond donors (Lipinski definition) is 1. The molecule has 7 nitrogen and oxygen atoms in total. The Morgan fingerprint density at radius 3 is 2.73 bits per heavy atom. The molecule has 0 saturated carbocycles. The summed E-state index contributed by atoms with van der Waals surface area (Å²) < 4.78 is 46.3. The minimum atomic E-state index is -3.91. The largest absolute Gasteiger partial charge is 0.495 e. The summed E-state index contributed by atoms with van der Waals surface area (Å²) in [5.41, 5.74) is 0.586. The fourth-order valence-electron chi connectivity index (χ4n) is 3.39. The van der Waals surface area contributed by atoms with Crippen LogP contribution in [0.25, 0.3) is 0 Å². The lowest BCUT2D eigenvalue weighted by atomic mass is 9.97. The van der Waals surface area contributed by atoms with Crippen LogP contribution in [0.4, 0.5) is 4.39 Å². The van der Waals surface area contributed by atoms with Gasteiger partial charge in [0.1, 0.15) is 21.5 Å². The number of ether oxygens (including phenoxy) is 1. The molecule has 1 aliphatic heterocycles. The van der Waals surface area contributed by atoms with Gasteiger partial charge in [0.05, 0.1) is 12.7 Å². The fourth-order valence-corrected chi connectivity index (χ4v) is 5.23. The second kappa shape index (κ2) is 9.76. The Labute approximate surface area is 180 Å². The molecule has 1 saturated heterocycles. The number of hydrogen-bond acceptors (Lipinski definition) is 6. The lowest BCUT2D eigenvalue weighted by molar-refractivity contribution is 0.0687. The maximum absolute atomic E-state index is 13.5. The third kappa shape index (κ3) is 5.11. The maximum Gasteiger partial charge on any atom is 0.256 e. The Morgan fingerprint density at radius 1 is 1.33 bits per heavy atom. The van der Waals surface area contributed by atoms with Gasteiger partial charge in [-0.15, -0.1) is 11.8 Å². The van der Waals surface area contributed by atoms with E-state index in [4.69, 9.17) is 4.74 Å². The van der Waals surface area contributed by atoms with Crippen molar-refractivity contribution in [1.82, 2.24) is 14.6 Å². The first-order chi connectivity index (χ1) is 14.4. The summed E-state index contributed by atoms with van der Waals surface area (Å²) in [6.07, 6.45) is 4.88. The second-order valence-corrected chi connectivity index (χ2v) is 9.47. The molecule has 1 aromatic carbocycles. The molecular formula is C20H24FN3O4S2. The van der Waals surface area contributed by atoms with Crippen LogP contribution in [-0.4, -0.2) is 57.2 Å². The Kier molecular flexibility index (Phi) is 7.32. The van der Waals surface area contributed by atoms with E-state index in [1.807, 2.05) is 6.26 Å². The smallest absolute Gasteiger partial charge is 0.256 e. The van der Waals surface area contributed by atoms with E-state index in [1.165, 1.54) is 24.9 Å². The number of likely N-dealkylation sites (tertiary alicyclic amines) is 1. The average molecular weight is 454 g/mol. The molecule has 0 atom stereocenters. The number of pyridine rings is 1. The van der Waals surface area contributed by atoms with Crippen molar-refractivity contribution in [3.05, 3.63) is 47.9 Å². The van der Waals surface area contributed by atoms with Gasteiger partial charge >= 0.3 is 0 Å². The predicted octanol–water partition coefficient (Wildman–Crippen LogP) is 2.78. The highest BCUT2D eigenvalue weighted by molar-refractivity contribution is 7.98. The third-order valence-corrected chi connectivity index (χ3v) is 7.23. The summed E-state index contributed by atoms with van der Waals surface area (Å²) in [4.78, 5) is 18.6. The summed E-state index contributed by atoms with van der Waals surface area (Å²) in [6, 6.07) is 6.90. The fraction of sp³-hybridized carbons (Fsp3) is 0.400. The molecule has 2 heterocycles. The van der Waals surface area contributed by atoms with Crippen LogP contribution in [0, 0.1) is 11.7 Å². The number of thioether (sulfide) groups is 1. The van der Waals surface area contributed by atoms with Gasteiger partial charge in [0, 0.05) is 25.8 Å². The standard InChI is InChI=1S/C20H24FN3O4S2/c1-28-17-6-5-15(21)12-18(17)30(26,27)23-13-14-7-10-24(11-8-14)20(25)16-4-3-9-22-19(16)29-2/h3-6,9,12,14,23H,7-8,10-11,13H2,1-2H3. The van der Waals surface area contributed by atoms with Crippen molar-refractivity contribution in [3.8, 4) is 5.75 Å². The van der Waals surface area contributed by atoms with Crippen LogP contribution in [0.5, 0.6) is 5.75 Å². The van der Waals surface area contributed by atoms with Crippen molar-refractivity contribution in [2.24, 2.45) is 5.92 Å². The molecule has 1 amide bonds. The van der Waals surface area contributed by atoms with Crippen molar-refractivity contribution in [1.29, 1.82) is 0 Å². The summed E-state index contributed by atoms with van der Waals surface area (Å²) in [7, 11) is -2.58. The molecule has 2 aromatic rings. The molecule has 0 bridgehead atoms. The summed E-state index contributed by atoms with van der Waals surface area (Å²) in [5.74, 6) is -0.540. The summed E-state index contributed by atoms with van der Waals surface area (Å²) >= 11 is 1.43. The second-order valence-electron chi connectivity index (χ2n) is 6.94. The number of benzene rings is 1. The van der Waals surface area contributed by atoms with E-state index in [0.29, 0.717) is 36.5 Å². The zero-order chi connectivity index (χ0) is 21.7. The van der Waals surface area contributed by atoms with Gasteiger partial charge in [-0.1, -0.05) is 0 Å². The van der Waals surface area contributed by atoms with E-state index in [2.05, 4.69) is 9.71 Å². The Morgan fingerprint density at radius 2 is 2.07 bits per heavy atom. The van der Waals surface area contributed by atoms with Gasteiger partial charge < -0.3 is 9.64 Å². The van der Waals surface area contributed by atoms with Gasteiger partial charge in [-0.05, 0) is 55.3 Å². The van der Waals surface area contributed by atoms with Gasteiger partial charge in [-0.3, -0.25) is 4.79 Å². The highest BCUT2D eigenvalue weighted by atomic mass is 32.2. The van der Waals surface area contributed by atoms with Crippen molar-refractivity contribution in [2.75, 3.05) is 33.0 Å². The molecule has 1 aromatic heterocycles. The van der Waals surface area contributed by atoms with Gasteiger partial charge in [-0.25, -0.2) is 22.5 Å². The number of rotatable bonds is 7. The van der Waals surface area contributed by atoms with Gasteiger partial charge in [-0.2, -0.15) is 0 Å². The topological polar surface area (TPSA) is 88.6 Å². The maximum atomic E-state index is 13.5. The molecule has 3 rings (SSSR count). The van der Waals surface area contributed by atoms with Crippen LogP contribution in [0.1, 0.15) is 23.2 Å². The van der Waals surface area contributed by atoms with Crippen LogP contribution in [0.15, 0.2) is 46.5 Å². The van der Waals surface area contributed by atoms with E-state index in [9.17, 15) is 17.6 Å². The molecule has 1 aliphatic rings. The minimum absolute atomic E-state index is 0.0593. The van der Waals surface area contributed by atoms with Gasteiger partial charge in [0.2, 0.25) is 10.0 Å². The molecule has 0 aliphatic carbocycles. The number of nitrogens with one attached hydrogen (secondary N) is 1. The lowest BCUT2D eigenvalue weighted by Gasteiger charge is -2.32. The first-order valence-electron chi connectivity index (χ1n) is 9.47. The van der Waals surface area contributed by atoms with Gasteiger partial charge in [0.25, 0.3) is 5.91 Å². The number of halogens is 1. The molecule has 1 fully saturated rings. The highest BCUT2D eigenvalue weighted by Crippen LogP contribution is 2.26. The number of aromatic nitrogens is 1. The number of carbonyl (C=O) groups is 1. The van der Waals surface area contributed by atoms with Crippen molar-refractivity contribution in [2.45, 2.75) is 22.8 Å². The van der Waals surface area contributed by atoms with Crippen molar-refractivity contribution < 1.29 is 22.3 Å². The number of methoxy groups -OCH3 is 1. The van der Waals surface area contributed by atoms with Crippen LogP contribution in [0.2, 0.25) is 0 Å². The lowest BCUT2D eigenvalue weighted by Crippen LogP contribution is -2.41. The Balaban J connectivity index is 1.59. The van der Waals surface area contributed by atoms with Crippen LogP contribution in [-0.2, 0) is 10.0 Å². The van der Waals surface area contributed by atoms with Crippen LogP contribution >= 0.6 is 11.8 Å². The molecular weight excluding hydrogens is 429 g/mol. The van der Waals surface area contributed by atoms with E-state index >= 15 is 0 Å². The molecule has 30 heavy (non-hydrogen) atoms. The number of piperidine rings is 1. The van der Waals surface area contributed by atoms with Crippen LogP contribution < -0.4 is 9.46 Å². The number of sulfonamides is 1. The molecule has 0 spiro atoms. The first-order valence-corrected chi connectivity index (χ1v) is 12.2. The Hall–Kier alpha value is -2.17. The van der Waals surface area contributed by atoms with Gasteiger partial charge in [0.15, 0.2) is 0 Å². The summed E-state index contributed by atoms with van der Waals surface area (Å²) in [5, 5.41) is 0.696. The molecule has 0 radical (unpaired) electrons. The molecule has 10 heteroatoms. The first kappa shape index (κ1) is 22.5. The highest BCUT2D eigenvalue weighted by Gasteiger charge is 2.27. The Bertz CT molecular complexity index is 1010. The van der Waals surface area contributed by atoms with E-state index < -0.39 is 15.8 Å². The zero-order valence-electron chi connectivity index (χ0n) is 16.8. The quantitative estimate of drug-likeness (QED) is 0.649. The van der Waals surface area contributed by atoms with Crippen LogP contribution in [0.3, 0.4) is 0 Å². The predicted molar refractivity (Wildman–Crippen MR) is 113 cm³/mol. The number of amides is 1. The third-order valence-electron chi connectivity index (χ3n) is 5.07. The molecule has 1 N–H and O–H groups in total. The minimum Gasteiger partial charge on any atom is -0.495 e. The monoisotopic (exact) mass is 453 g/mol. The molecule has 162 valence electrons. The molecule has 0 unspecified atom stereocenters. The van der Waals surface area contributed by atoms with E-state index in [1.54, 1.807) is 23.2 Å². The number of nitrogens with zero attached hydrogens (tertiary/aromatic N) is 2. The summed E-state index contributed by atoms with van der Waals surface area (Å²) in [6.45, 7) is 1.29.